The van der Waals surface area contributed by atoms with Crippen LogP contribution in [-0.2, 0) is 6.54 Å². The van der Waals surface area contributed by atoms with Gasteiger partial charge in [-0.2, -0.15) is 0 Å². The molecule has 0 saturated heterocycles. The molecule has 4 rings (SSSR count). The molecule has 0 saturated carbocycles. The summed E-state index contributed by atoms with van der Waals surface area (Å²) >= 11 is 5.91. The lowest BCUT2D eigenvalue weighted by molar-refractivity contribution is 0.0909. The van der Waals surface area contributed by atoms with Crippen LogP contribution in [0.25, 0.3) is 11.0 Å². The maximum Gasteiger partial charge on any atom is 0.287 e. The molecule has 0 aliphatic heterocycles. The molecule has 1 N–H and O–H groups in total. The van der Waals surface area contributed by atoms with E-state index in [1.54, 1.807) is 12.1 Å². The minimum Gasteiger partial charge on any atom is -0.494 e. The number of aryl methyl sites for hydroxylation is 1. The number of furan rings is 1. The van der Waals surface area contributed by atoms with E-state index in [9.17, 15) is 4.79 Å². The molecule has 0 aliphatic rings. The lowest BCUT2D eigenvalue weighted by atomic mass is 10.2. The van der Waals surface area contributed by atoms with Gasteiger partial charge >= 0.3 is 0 Å². The molecule has 154 valence electrons. The van der Waals surface area contributed by atoms with Crippen molar-refractivity contribution in [3.05, 3.63) is 83.5 Å². The van der Waals surface area contributed by atoms with E-state index in [-0.39, 0.29) is 17.7 Å². The average Bonchev–Trinajstić information content (AvgIpc) is 3.41. The quantitative estimate of drug-likeness (QED) is 0.393. The van der Waals surface area contributed by atoms with E-state index in [2.05, 4.69) is 9.88 Å². The van der Waals surface area contributed by atoms with Crippen molar-refractivity contribution in [2.45, 2.75) is 25.9 Å². The summed E-state index contributed by atoms with van der Waals surface area (Å²) < 4.78 is 13.1. The number of aromatic nitrogens is 2. The molecular weight excluding hydrogens is 402 g/mol. The van der Waals surface area contributed by atoms with Crippen molar-refractivity contribution in [1.82, 2.24) is 14.9 Å². The number of hydrogen-bond donors (Lipinski definition) is 1. The summed E-state index contributed by atoms with van der Waals surface area (Å²) in [5.74, 6) is 1.59. The summed E-state index contributed by atoms with van der Waals surface area (Å²) in [6.45, 7) is 3.19. The maximum absolute atomic E-state index is 12.4. The van der Waals surface area contributed by atoms with Gasteiger partial charge in [0.15, 0.2) is 5.76 Å². The number of benzene rings is 2. The number of carbonyl (C=O) groups is 1. The average molecular weight is 424 g/mol. The van der Waals surface area contributed by atoms with Crippen LogP contribution in [0.15, 0.2) is 71.3 Å². The number of halogens is 1. The number of imidazole rings is 1. The second-order valence-electron chi connectivity index (χ2n) is 6.94. The van der Waals surface area contributed by atoms with Gasteiger partial charge < -0.3 is 19.0 Å². The smallest absolute Gasteiger partial charge is 0.287 e. The number of nitrogens with one attached hydrogen (secondary N) is 1. The highest BCUT2D eigenvalue weighted by atomic mass is 35.5. The fraction of sp³-hybridized carbons (Fsp3) is 0.217. The Kier molecular flexibility index (Phi) is 6.05. The standard InChI is InChI=1S/C23H22ClN3O3/c1-16(25-23(28)21-8-4-14-30-21)22-26-19-6-2-3-7-20(19)27(22)13-5-15-29-18-11-9-17(24)10-12-18/h2-4,6-12,14,16H,5,13,15H2,1H3,(H,25,28)/t16-/m1/s1. The largest absolute Gasteiger partial charge is 0.494 e. The van der Waals surface area contributed by atoms with E-state index in [1.807, 2.05) is 55.5 Å². The number of para-hydroxylation sites is 2. The highest BCUT2D eigenvalue weighted by molar-refractivity contribution is 6.30. The Labute approximate surface area is 179 Å². The number of hydrogen-bond acceptors (Lipinski definition) is 4. The third-order valence-electron chi connectivity index (χ3n) is 4.77. The van der Waals surface area contributed by atoms with E-state index in [0.717, 1.165) is 29.0 Å². The molecule has 0 radical (unpaired) electrons. The zero-order valence-corrected chi connectivity index (χ0v) is 17.3. The van der Waals surface area contributed by atoms with E-state index >= 15 is 0 Å². The fourth-order valence-electron chi connectivity index (χ4n) is 3.34. The van der Waals surface area contributed by atoms with Crippen molar-refractivity contribution in [2.75, 3.05) is 6.61 Å². The van der Waals surface area contributed by atoms with Crippen molar-refractivity contribution in [3.63, 3.8) is 0 Å². The van der Waals surface area contributed by atoms with Gasteiger partial charge in [0.25, 0.3) is 5.91 Å². The zero-order chi connectivity index (χ0) is 20.9. The van der Waals surface area contributed by atoms with Gasteiger partial charge in [-0.15, -0.1) is 0 Å². The number of fused-ring (bicyclic) bond motifs is 1. The molecule has 1 atom stereocenters. The van der Waals surface area contributed by atoms with Crippen LogP contribution in [0.1, 0.15) is 35.8 Å². The van der Waals surface area contributed by atoms with Gasteiger partial charge in [-0.05, 0) is 61.9 Å². The summed E-state index contributed by atoms with van der Waals surface area (Å²) in [6, 6.07) is 18.3. The van der Waals surface area contributed by atoms with Gasteiger partial charge in [0.05, 0.1) is 29.9 Å². The number of carbonyl (C=O) groups excluding carboxylic acids is 1. The highest BCUT2D eigenvalue weighted by Crippen LogP contribution is 2.22. The second-order valence-corrected chi connectivity index (χ2v) is 7.38. The summed E-state index contributed by atoms with van der Waals surface area (Å²) in [5, 5.41) is 3.64. The molecule has 2 aromatic heterocycles. The highest BCUT2D eigenvalue weighted by Gasteiger charge is 2.20. The van der Waals surface area contributed by atoms with Gasteiger partial charge in [-0.1, -0.05) is 23.7 Å². The predicted molar refractivity (Wildman–Crippen MR) is 116 cm³/mol. The normalized spacial score (nSPS) is 12.1. The number of rotatable bonds is 8. The third-order valence-corrected chi connectivity index (χ3v) is 5.02. The van der Waals surface area contributed by atoms with Crippen LogP contribution in [-0.4, -0.2) is 22.1 Å². The summed E-state index contributed by atoms with van der Waals surface area (Å²) in [4.78, 5) is 17.1. The van der Waals surface area contributed by atoms with Crippen molar-refractivity contribution in [2.24, 2.45) is 0 Å². The summed E-state index contributed by atoms with van der Waals surface area (Å²) in [5.41, 5.74) is 1.92. The van der Waals surface area contributed by atoms with E-state index in [1.165, 1.54) is 6.26 Å². The molecule has 0 aliphatic carbocycles. The zero-order valence-electron chi connectivity index (χ0n) is 16.5. The lowest BCUT2D eigenvalue weighted by Crippen LogP contribution is -2.28. The molecule has 4 aromatic rings. The maximum atomic E-state index is 12.4. The van der Waals surface area contributed by atoms with Crippen LogP contribution >= 0.6 is 11.6 Å². The molecule has 30 heavy (non-hydrogen) atoms. The minimum atomic E-state index is -0.285. The first-order valence-electron chi connectivity index (χ1n) is 9.80. The van der Waals surface area contributed by atoms with Crippen LogP contribution < -0.4 is 10.1 Å². The molecule has 0 fully saturated rings. The van der Waals surface area contributed by atoms with Gasteiger partial charge in [0.1, 0.15) is 11.6 Å². The molecule has 1 amide bonds. The Balaban J connectivity index is 1.47. The predicted octanol–water partition coefficient (Wildman–Crippen LogP) is 5.24. The van der Waals surface area contributed by atoms with E-state index in [4.69, 9.17) is 25.7 Å². The molecule has 0 bridgehead atoms. The SMILES string of the molecule is C[C@@H](NC(=O)c1ccco1)c1nc2ccccc2n1CCCOc1ccc(Cl)cc1. The Bertz CT molecular complexity index is 1120. The third kappa shape index (κ3) is 4.49. The molecule has 6 nitrogen and oxygen atoms in total. The fourth-order valence-corrected chi connectivity index (χ4v) is 3.47. The van der Waals surface area contributed by atoms with Crippen LogP contribution in [0.2, 0.25) is 5.02 Å². The molecule has 7 heteroatoms. The molecule has 0 spiro atoms. The minimum absolute atomic E-state index is 0.267. The van der Waals surface area contributed by atoms with Gasteiger partial charge in [-0.3, -0.25) is 4.79 Å². The molecule has 2 heterocycles. The Morgan fingerprint density at radius 1 is 1.17 bits per heavy atom. The first-order valence-corrected chi connectivity index (χ1v) is 10.2. The Morgan fingerprint density at radius 2 is 1.97 bits per heavy atom. The van der Waals surface area contributed by atoms with Gasteiger partial charge in [0.2, 0.25) is 0 Å². The lowest BCUT2D eigenvalue weighted by Gasteiger charge is -2.16. The Morgan fingerprint density at radius 3 is 2.73 bits per heavy atom. The van der Waals surface area contributed by atoms with Gasteiger partial charge in [-0.25, -0.2) is 4.98 Å². The summed E-state index contributed by atoms with van der Waals surface area (Å²) in [7, 11) is 0. The summed E-state index contributed by atoms with van der Waals surface area (Å²) in [6.07, 6.45) is 2.27. The molecule has 0 unspecified atom stereocenters. The van der Waals surface area contributed by atoms with Crippen LogP contribution in [0.5, 0.6) is 5.75 Å². The number of amides is 1. The van der Waals surface area contributed by atoms with Crippen LogP contribution in [0.4, 0.5) is 0 Å². The van der Waals surface area contributed by atoms with E-state index in [0.29, 0.717) is 18.2 Å². The van der Waals surface area contributed by atoms with Gasteiger partial charge in [0, 0.05) is 11.6 Å². The van der Waals surface area contributed by atoms with Crippen LogP contribution in [0.3, 0.4) is 0 Å². The molecule has 2 aromatic carbocycles. The van der Waals surface area contributed by atoms with Crippen molar-refractivity contribution in [3.8, 4) is 5.75 Å². The Hall–Kier alpha value is -3.25. The van der Waals surface area contributed by atoms with E-state index < -0.39 is 0 Å². The van der Waals surface area contributed by atoms with Crippen molar-refractivity contribution >= 4 is 28.5 Å². The monoisotopic (exact) mass is 423 g/mol. The number of nitrogens with zero attached hydrogens (tertiary/aromatic N) is 2. The van der Waals surface area contributed by atoms with Crippen LogP contribution in [0, 0.1) is 0 Å². The molecular formula is C23H22ClN3O3. The second kappa shape index (κ2) is 9.05. The van der Waals surface area contributed by atoms with Crippen molar-refractivity contribution < 1.29 is 13.9 Å². The number of ether oxygens (including phenoxy) is 1. The topological polar surface area (TPSA) is 69.3 Å². The first-order chi connectivity index (χ1) is 14.6. The first kappa shape index (κ1) is 20.0. The van der Waals surface area contributed by atoms with Crippen molar-refractivity contribution in [1.29, 1.82) is 0 Å².